The lowest BCUT2D eigenvalue weighted by Gasteiger charge is -2.12. The first-order valence-corrected chi connectivity index (χ1v) is 5.02. The molecule has 1 atom stereocenters. The second-order valence-corrected chi connectivity index (χ2v) is 3.54. The van der Waals surface area contributed by atoms with Crippen LogP contribution in [0, 0.1) is 5.92 Å². The molecule has 1 aromatic carbocycles. The summed E-state index contributed by atoms with van der Waals surface area (Å²) in [4.78, 5) is 0. The summed E-state index contributed by atoms with van der Waals surface area (Å²) in [6, 6.07) is 7.57. The summed E-state index contributed by atoms with van der Waals surface area (Å²) in [5.74, 6) is 1.02. The van der Waals surface area contributed by atoms with Gasteiger partial charge in [0.2, 0.25) is 0 Å². The first kappa shape index (κ1) is 12.2. The van der Waals surface area contributed by atoms with Crippen molar-refractivity contribution in [3.8, 4) is 5.75 Å². The molecule has 16 heavy (non-hydrogen) atoms. The maximum absolute atomic E-state index is 8.49. The minimum atomic E-state index is -0.0212. The quantitative estimate of drug-likeness (QED) is 0.306. The average Bonchev–Trinajstić information content (AvgIpc) is 2.35. The highest BCUT2D eigenvalue weighted by atomic mass is 16.5. The SMILES string of the molecule is COc1ccc(NCC(C)C(N)=NO)cc1. The zero-order valence-corrected chi connectivity index (χ0v) is 9.47. The highest BCUT2D eigenvalue weighted by molar-refractivity contribution is 5.82. The zero-order valence-electron chi connectivity index (χ0n) is 9.47. The van der Waals surface area contributed by atoms with E-state index in [0.29, 0.717) is 6.54 Å². The standard InChI is InChI=1S/C11H17N3O2/c1-8(11(12)14-15)7-13-9-3-5-10(16-2)6-4-9/h3-6,8,13,15H,7H2,1-2H3,(H2,12,14). The summed E-state index contributed by atoms with van der Waals surface area (Å²) < 4.78 is 5.05. The van der Waals surface area contributed by atoms with Crippen molar-refractivity contribution in [2.24, 2.45) is 16.8 Å². The summed E-state index contributed by atoms with van der Waals surface area (Å²) in [6.07, 6.45) is 0. The molecule has 1 unspecified atom stereocenters. The Hall–Kier alpha value is -1.91. The summed E-state index contributed by atoms with van der Waals surface area (Å²) >= 11 is 0. The highest BCUT2D eigenvalue weighted by Crippen LogP contribution is 2.15. The molecule has 0 fully saturated rings. The van der Waals surface area contributed by atoms with Crippen LogP contribution in [0.2, 0.25) is 0 Å². The van der Waals surface area contributed by atoms with E-state index in [0.717, 1.165) is 11.4 Å². The summed E-state index contributed by atoms with van der Waals surface area (Å²) in [7, 11) is 1.63. The number of amidine groups is 1. The van der Waals surface area contributed by atoms with E-state index in [9.17, 15) is 0 Å². The van der Waals surface area contributed by atoms with Gasteiger partial charge in [-0.2, -0.15) is 0 Å². The van der Waals surface area contributed by atoms with Gasteiger partial charge in [0, 0.05) is 18.2 Å². The topological polar surface area (TPSA) is 79.9 Å². The average molecular weight is 223 g/mol. The Morgan fingerprint density at radius 1 is 1.50 bits per heavy atom. The molecule has 0 heterocycles. The van der Waals surface area contributed by atoms with Gasteiger partial charge in [0.15, 0.2) is 0 Å². The van der Waals surface area contributed by atoms with Crippen molar-refractivity contribution in [1.82, 2.24) is 0 Å². The van der Waals surface area contributed by atoms with Gasteiger partial charge in [-0.05, 0) is 24.3 Å². The van der Waals surface area contributed by atoms with E-state index in [4.69, 9.17) is 15.7 Å². The third kappa shape index (κ3) is 3.34. The molecule has 0 aromatic heterocycles. The Morgan fingerprint density at radius 3 is 2.62 bits per heavy atom. The summed E-state index contributed by atoms with van der Waals surface area (Å²) in [5.41, 5.74) is 6.44. The van der Waals surface area contributed by atoms with Crippen molar-refractivity contribution in [1.29, 1.82) is 0 Å². The Kier molecular flexibility index (Phi) is 4.44. The number of rotatable bonds is 5. The number of anilines is 1. The van der Waals surface area contributed by atoms with Gasteiger partial charge < -0.3 is 21.0 Å². The van der Waals surface area contributed by atoms with Crippen LogP contribution in [-0.4, -0.2) is 24.7 Å². The number of ether oxygens (including phenoxy) is 1. The van der Waals surface area contributed by atoms with Crippen LogP contribution in [0.3, 0.4) is 0 Å². The van der Waals surface area contributed by atoms with Crippen molar-refractivity contribution in [2.75, 3.05) is 19.0 Å². The van der Waals surface area contributed by atoms with Crippen LogP contribution < -0.4 is 15.8 Å². The van der Waals surface area contributed by atoms with E-state index in [1.54, 1.807) is 7.11 Å². The van der Waals surface area contributed by atoms with Gasteiger partial charge in [0.05, 0.1) is 7.11 Å². The van der Waals surface area contributed by atoms with Crippen molar-refractivity contribution in [2.45, 2.75) is 6.92 Å². The molecule has 0 bridgehead atoms. The number of nitrogens with one attached hydrogen (secondary N) is 1. The van der Waals surface area contributed by atoms with Crippen LogP contribution in [-0.2, 0) is 0 Å². The number of oxime groups is 1. The zero-order chi connectivity index (χ0) is 12.0. The molecule has 88 valence electrons. The molecule has 1 rings (SSSR count). The highest BCUT2D eigenvalue weighted by Gasteiger charge is 2.06. The fourth-order valence-corrected chi connectivity index (χ4v) is 1.18. The van der Waals surface area contributed by atoms with Gasteiger partial charge in [-0.15, -0.1) is 0 Å². The van der Waals surface area contributed by atoms with Gasteiger partial charge in [0.25, 0.3) is 0 Å². The Bertz CT molecular complexity index is 349. The lowest BCUT2D eigenvalue weighted by Crippen LogP contribution is -2.27. The minimum Gasteiger partial charge on any atom is -0.497 e. The maximum Gasteiger partial charge on any atom is 0.143 e. The smallest absolute Gasteiger partial charge is 0.143 e. The molecule has 4 N–H and O–H groups in total. The molecule has 5 nitrogen and oxygen atoms in total. The van der Waals surface area contributed by atoms with E-state index in [1.807, 2.05) is 31.2 Å². The van der Waals surface area contributed by atoms with E-state index >= 15 is 0 Å². The van der Waals surface area contributed by atoms with Crippen LogP contribution >= 0.6 is 0 Å². The maximum atomic E-state index is 8.49. The summed E-state index contributed by atoms with van der Waals surface area (Å²) in [6.45, 7) is 2.49. The first-order valence-electron chi connectivity index (χ1n) is 5.02. The van der Waals surface area contributed by atoms with Crippen LogP contribution in [0.4, 0.5) is 5.69 Å². The lowest BCUT2D eigenvalue weighted by atomic mass is 10.1. The third-order valence-corrected chi connectivity index (χ3v) is 2.32. The second-order valence-electron chi connectivity index (χ2n) is 3.54. The molecule has 0 aliphatic rings. The third-order valence-electron chi connectivity index (χ3n) is 2.32. The van der Waals surface area contributed by atoms with E-state index in [-0.39, 0.29) is 11.8 Å². The molecule has 0 aliphatic heterocycles. The van der Waals surface area contributed by atoms with Crippen molar-refractivity contribution in [3.05, 3.63) is 24.3 Å². The number of methoxy groups -OCH3 is 1. The number of hydrogen-bond donors (Lipinski definition) is 3. The predicted octanol–water partition coefficient (Wildman–Crippen LogP) is 1.49. The molecular formula is C11H17N3O2. The largest absolute Gasteiger partial charge is 0.497 e. The number of nitrogens with zero attached hydrogens (tertiary/aromatic N) is 1. The molecule has 0 spiro atoms. The Balaban J connectivity index is 2.48. The van der Waals surface area contributed by atoms with Gasteiger partial charge >= 0.3 is 0 Å². The van der Waals surface area contributed by atoms with Crippen LogP contribution in [0.5, 0.6) is 5.75 Å². The lowest BCUT2D eigenvalue weighted by molar-refractivity contribution is 0.315. The molecule has 0 amide bonds. The van der Waals surface area contributed by atoms with E-state index < -0.39 is 0 Å². The number of hydrogen-bond acceptors (Lipinski definition) is 4. The molecule has 0 saturated heterocycles. The van der Waals surface area contributed by atoms with E-state index in [1.165, 1.54) is 0 Å². The van der Waals surface area contributed by atoms with Crippen molar-refractivity contribution in [3.63, 3.8) is 0 Å². The normalized spacial score (nSPS) is 13.2. The van der Waals surface area contributed by atoms with Crippen molar-refractivity contribution < 1.29 is 9.94 Å². The number of benzene rings is 1. The predicted molar refractivity (Wildman–Crippen MR) is 64.1 cm³/mol. The fourth-order valence-electron chi connectivity index (χ4n) is 1.18. The minimum absolute atomic E-state index is 0.0212. The Labute approximate surface area is 94.9 Å². The molecule has 0 radical (unpaired) electrons. The van der Waals surface area contributed by atoms with Crippen LogP contribution in [0.15, 0.2) is 29.4 Å². The first-order chi connectivity index (χ1) is 7.67. The monoisotopic (exact) mass is 223 g/mol. The summed E-state index contributed by atoms with van der Waals surface area (Å²) in [5, 5.41) is 14.6. The van der Waals surface area contributed by atoms with Gasteiger partial charge in [-0.1, -0.05) is 12.1 Å². The van der Waals surface area contributed by atoms with Gasteiger partial charge in [0.1, 0.15) is 11.6 Å². The molecule has 0 aliphatic carbocycles. The second kappa shape index (κ2) is 5.85. The Morgan fingerprint density at radius 2 is 2.12 bits per heavy atom. The fraction of sp³-hybridized carbons (Fsp3) is 0.364. The van der Waals surface area contributed by atoms with Gasteiger partial charge in [-0.25, -0.2) is 0 Å². The number of nitrogens with two attached hydrogens (primary N) is 1. The molecular weight excluding hydrogens is 206 g/mol. The van der Waals surface area contributed by atoms with Gasteiger partial charge in [-0.3, -0.25) is 0 Å². The van der Waals surface area contributed by atoms with E-state index in [2.05, 4.69) is 10.5 Å². The molecule has 1 aromatic rings. The molecule has 0 saturated carbocycles. The molecule has 5 heteroatoms. The van der Waals surface area contributed by atoms with Crippen LogP contribution in [0.1, 0.15) is 6.92 Å². The van der Waals surface area contributed by atoms with Crippen LogP contribution in [0.25, 0.3) is 0 Å². The van der Waals surface area contributed by atoms with Crippen molar-refractivity contribution >= 4 is 11.5 Å².